The number of hydrogen-bond acceptors (Lipinski definition) is 1. The van der Waals surface area contributed by atoms with Gasteiger partial charge in [-0.25, -0.2) is 0 Å². The van der Waals surface area contributed by atoms with Gasteiger partial charge in [0.15, 0.2) is 0 Å². The molecule has 1 aliphatic rings. The summed E-state index contributed by atoms with van der Waals surface area (Å²) in [6.07, 6.45) is 4.21. The maximum atomic E-state index is 5.92. The Morgan fingerprint density at radius 1 is 1.50 bits per heavy atom. The quantitative estimate of drug-likeness (QED) is 0.689. The molecule has 0 bridgehead atoms. The van der Waals surface area contributed by atoms with Gasteiger partial charge in [0.2, 0.25) is 0 Å². The van der Waals surface area contributed by atoms with Crippen LogP contribution in [0.4, 0.5) is 5.69 Å². The first kappa shape index (κ1) is 9.35. The zero-order chi connectivity index (χ0) is 10.1. The Balaban J connectivity index is 2.37. The number of hydrogen-bond donors (Lipinski definition) is 1. The summed E-state index contributed by atoms with van der Waals surface area (Å²) in [6, 6.07) is 6.07. The maximum Gasteiger partial charge on any atom is 0.0656 e. The molecule has 2 rings (SSSR count). The van der Waals surface area contributed by atoms with E-state index in [0.717, 1.165) is 16.3 Å². The first-order valence-electron chi connectivity index (χ1n) is 4.56. The van der Waals surface area contributed by atoms with Gasteiger partial charge in [-0.2, -0.15) is 0 Å². The van der Waals surface area contributed by atoms with Crippen molar-refractivity contribution in [1.29, 1.82) is 0 Å². The fourth-order valence-electron chi connectivity index (χ4n) is 1.50. The summed E-state index contributed by atoms with van der Waals surface area (Å²) in [6.45, 7) is 5.94. The number of rotatable bonds is 1. The summed E-state index contributed by atoms with van der Waals surface area (Å²) in [7, 11) is 0. The van der Waals surface area contributed by atoms with E-state index < -0.39 is 0 Å². The van der Waals surface area contributed by atoms with Crippen LogP contribution in [0, 0.1) is 0 Å². The molecule has 0 saturated heterocycles. The van der Waals surface area contributed by atoms with Gasteiger partial charge in [-0.3, -0.25) is 0 Å². The first-order chi connectivity index (χ1) is 6.66. The molecule has 1 heterocycles. The molecule has 1 nitrogen and oxygen atoms in total. The molecule has 1 N–H and O–H groups in total. The molecule has 1 aromatic carbocycles. The van der Waals surface area contributed by atoms with E-state index in [0.29, 0.717) is 0 Å². The molecule has 0 aromatic heterocycles. The van der Waals surface area contributed by atoms with Crippen LogP contribution in [0.5, 0.6) is 0 Å². The van der Waals surface area contributed by atoms with Crippen LogP contribution in [-0.2, 0) is 0 Å². The van der Waals surface area contributed by atoms with Crippen molar-refractivity contribution in [1.82, 2.24) is 0 Å². The van der Waals surface area contributed by atoms with Crippen molar-refractivity contribution in [3.8, 4) is 0 Å². The average Bonchev–Trinajstić information content (AvgIpc) is 2.16. The highest BCUT2D eigenvalue weighted by Crippen LogP contribution is 2.27. The minimum absolute atomic E-state index is 0.223. The third kappa shape index (κ3) is 1.68. The third-order valence-corrected chi connectivity index (χ3v) is 2.56. The standard InChI is InChI=1S/C12H12ClN/c1-8(2)11-6-4-9-3-5-10(13)7-12(9)14-11/h3-7,11,14H,1H2,2H3. The van der Waals surface area contributed by atoms with Crippen molar-refractivity contribution in [2.24, 2.45) is 0 Å². The van der Waals surface area contributed by atoms with Crippen molar-refractivity contribution in [2.75, 3.05) is 5.32 Å². The Labute approximate surface area is 89.1 Å². The summed E-state index contributed by atoms with van der Waals surface area (Å²) in [4.78, 5) is 0. The fourth-order valence-corrected chi connectivity index (χ4v) is 1.67. The van der Waals surface area contributed by atoms with Gasteiger partial charge in [0.1, 0.15) is 0 Å². The Hall–Kier alpha value is -1.21. The van der Waals surface area contributed by atoms with Crippen LogP contribution in [0.1, 0.15) is 12.5 Å². The highest BCUT2D eigenvalue weighted by molar-refractivity contribution is 6.31. The minimum atomic E-state index is 0.223. The fraction of sp³-hybridized carbons (Fsp3) is 0.167. The van der Waals surface area contributed by atoms with E-state index in [1.54, 1.807) is 0 Å². The van der Waals surface area contributed by atoms with Crippen LogP contribution in [0.15, 0.2) is 36.4 Å². The molecule has 1 aliphatic heterocycles. The van der Waals surface area contributed by atoms with Gasteiger partial charge in [0, 0.05) is 10.7 Å². The van der Waals surface area contributed by atoms with Gasteiger partial charge < -0.3 is 5.32 Å². The number of halogens is 1. The van der Waals surface area contributed by atoms with E-state index in [1.165, 1.54) is 5.56 Å². The molecule has 1 atom stereocenters. The maximum absolute atomic E-state index is 5.92. The molecule has 0 radical (unpaired) electrons. The number of fused-ring (bicyclic) bond motifs is 1. The zero-order valence-electron chi connectivity index (χ0n) is 8.05. The average molecular weight is 206 g/mol. The highest BCUT2D eigenvalue weighted by Gasteiger charge is 2.12. The first-order valence-corrected chi connectivity index (χ1v) is 4.94. The summed E-state index contributed by atoms with van der Waals surface area (Å²) in [5.74, 6) is 0. The van der Waals surface area contributed by atoms with Gasteiger partial charge in [0.25, 0.3) is 0 Å². The molecule has 1 aromatic rings. The van der Waals surface area contributed by atoms with Crippen LogP contribution in [0.25, 0.3) is 6.08 Å². The molecule has 1 unspecified atom stereocenters. The van der Waals surface area contributed by atoms with Crippen molar-refractivity contribution >= 4 is 23.4 Å². The molecular formula is C12H12ClN. The second kappa shape index (κ2) is 3.50. The topological polar surface area (TPSA) is 12.0 Å². The highest BCUT2D eigenvalue weighted by atomic mass is 35.5. The van der Waals surface area contributed by atoms with Gasteiger partial charge in [-0.1, -0.05) is 42.0 Å². The Bertz CT molecular complexity index is 407. The molecule has 0 amide bonds. The van der Waals surface area contributed by atoms with E-state index in [2.05, 4.69) is 24.0 Å². The number of anilines is 1. The normalized spacial score (nSPS) is 18.6. The van der Waals surface area contributed by atoms with Crippen LogP contribution >= 0.6 is 11.6 Å². The lowest BCUT2D eigenvalue weighted by molar-refractivity contribution is 1.02. The molecular weight excluding hydrogens is 194 g/mol. The lowest BCUT2D eigenvalue weighted by Crippen LogP contribution is -2.20. The van der Waals surface area contributed by atoms with Gasteiger partial charge in [0.05, 0.1) is 6.04 Å². The summed E-state index contributed by atoms with van der Waals surface area (Å²) in [5, 5.41) is 4.12. The lowest BCUT2D eigenvalue weighted by atomic mass is 10.0. The molecule has 0 spiro atoms. The van der Waals surface area contributed by atoms with Gasteiger partial charge in [-0.05, 0) is 24.6 Å². The molecule has 2 heteroatoms. The van der Waals surface area contributed by atoms with E-state index >= 15 is 0 Å². The second-order valence-electron chi connectivity index (χ2n) is 3.56. The van der Waals surface area contributed by atoms with Crippen LogP contribution < -0.4 is 5.32 Å². The molecule has 0 fully saturated rings. The predicted molar refractivity (Wildman–Crippen MR) is 62.7 cm³/mol. The van der Waals surface area contributed by atoms with Crippen molar-refractivity contribution in [3.63, 3.8) is 0 Å². The number of benzene rings is 1. The summed E-state index contributed by atoms with van der Waals surface area (Å²) < 4.78 is 0. The van der Waals surface area contributed by atoms with Crippen LogP contribution in [0.3, 0.4) is 0 Å². The zero-order valence-corrected chi connectivity index (χ0v) is 8.81. The van der Waals surface area contributed by atoms with Crippen molar-refractivity contribution < 1.29 is 0 Å². The summed E-state index contributed by atoms with van der Waals surface area (Å²) >= 11 is 5.92. The van der Waals surface area contributed by atoms with Crippen molar-refractivity contribution in [3.05, 3.63) is 47.0 Å². The minimum Gasteiger partial charge on any atom is -0.375 e. The monoisotopic (exact) mass is 205 g/mol. The van der Waals surface area contributed by atoms with Gasteiger partial charge >= 0.3 is 0 Å². The second-order valence-corrected chi connectivity index (χ2v) is 4.00. The summed E-state index contributed by atoms with van der Waals surface area (Å²) in [5.41, 5.74) is 3.35. The van der Waals surface area contributed by atoms with Crippen LogP contribution in [0.2, 0.25) is 5.02 Å². The molecule has 14 heavy (non-hydrogen) atoms. The van der Waals surface area contributed by atoms with Gasteiger partial charge in [-0.15, -0.1) is 0 Å². The number of nitrogens with one attached hydrogen (secondary N) is 1. The van der Waals surface area contributed by atoms with E-state index in [9.17, 15) is 0 Å². The van der Waals surface area contributed by atoms with E-state index in [-0.39, 0.29) is 6.04 Å². The Morgan fingerprint density at radius 3 is 3.00 bits per heavy atom. The largest absolute Gasteiger partial charge is 0.375 e. The predicted octanol–water partition coefficient (Wildman–Crippen LogP) is 3.72. The van der Waals surface area contributed by atoms with E-state index in [4.69, 9.17) is 11.6 Å². The molecule has 72 valence electrons. The van der Waals surface area contributed by atoms with Crippen molar-refractivity contribution in [2.45, 2.75) is 13.0 Å². The van der Waals surface area contributed by atoms with E-state index in [1.807, 2.05) is 25.1 Å². The third-order valence-electron chi connectivity index (χ3n) is 2.33. The Kier molecular flexibility index (Phi) is 2.34. The molecule has 0 saturated carbocycles. The lowest BCUT2D eigenvalue weighted by Gasteiger charge is -2.22. The Morgan fingerprint density at radius 2 is 2.29 bits per heavy atom. The molecule has 0 aliphatic carbocycles. The van der Waals surface area contributed by atoms with Crippen LogP contribution in [-0.4, -0.2) is 6.04 Å². The smallest absolute Gasteiger partial charge is 0.0656 e. The SMILES string of the molecule is C=C(C)C1C=Cc2ccc(Cl)cc2N1.